The topological polar surface area (TPSA) is 57.7 Å². The molecule has 6 nitrogen and oxygen atoms in total. The van der Waals surface area contributed by atoms with E-state index in [0.717, 1.165) is 50.0 Å². The summed E-state index contributed by atoms with van der Waals surface area (Å²) in [6, 6.07) is 0.271. The number of hydrogen-bond donors (Lipinski definition) is 1. The highest BCUT2D eigenvalue weighted by Gasteiger charge is 2.25. The first-order valence-electron chi connectivity index (χ1n) is 9.03. The summed E-state index contributed by atoms with van der Waals surface area (Å²) >= 11 is 1.75. The Morgan fingerprint density at radius 1 is 1.28 bits per heavy atom. The Hall–Kier alpha value is -1.18. The summed E-state index contributed by atoms with van der Waals surface area (Å²) in [5.74, 6) is 0. The zero-order chi connectivity index (χ0) is 18.6. The standard InChI is InChI=1S/C18H32N4O2S/c1-13(16-14(2)25-15(3)20-16)19-7-8-21-9-11-22(12-10-21)17(23)24-18(4,5)6/h13,19H,7-12H2,1-6H3. The third-order valence-electron chi connectivity index (χ3n) is 4.25. The van der Waals surface area contributed by atoms with Crippen LogP contribution in [0.2, 0.25) is 0 Å². The minimum atomic E-state index is -0.430. The number of aromatic nitrogens is 1. The highest BCUT2D eigenvalue weighted by atomic mass is 32.1. The third-order valence-corrected chi connectivity index (χ3v) is 5.15. The van der Waals surface area contributed by atoms with Crippen molar-refractivity contribution in [2.45, 2.75) is 53.2 Å². The van der Waals surface area contributed by atoms with Crippen LogP contribution in [0.5, 0.6) is 0 Å². The molecule has 0 spiro atoms. The van der Waals surface area contributed by atoms with Crippen LogP contribution >= 0.6 is 11.3 Å². The first kappa shape index (κ1) is 20.1. The summed E-state index contributed by atoms with van der Waals surface area (Å²) in [7, 11) is 0. The van der Waals surface area contributed by atoms with Gasteiger partial charge in [-0.2, -0.15) is 0 Å². The molecule has 1 unspecified atom stereocenters. The van der Waals surface area contributed by atoms with Gasteiger partial charge >= 0.3 is 6.09 Å². The van der Waals surface area contributed by atoms with Gasteiger partial charge in [-0.1, -0.05) is 0 Å². The Kier molecular flexibility index (Phi) is 6.82. The fraction of sp³-hybridized carbons (Fsp3) is 0.778. The molecule has 1 atom stereocenters. The number of nitrogens with zero attached hydrogens (tertiary/aromatic N) is 3. The summed E-state index contributed by atoms with van der Waals surface area (Å²) in [4.78, 5) is 22.2. The fourth-order valence-corrected chi connectivity index (χ4v) is 3.88. The number of aryl methyl sites for hydroxylation is 2. The van der Waals surface area contributed by atoms with Crippen molar-refractivity contribution in [3.63, 3.8) is 0 Å². The van der Waals surface area contributed by atoms with E-state index >= 15 is 0 Å². The number of ether oxygens (including phenoxy) is 1. The van der Waals surface area contributed by atoms with Gasteiger partial charge in [0.2, 0.25) is 0 Å². The maximum atomic E-state index is 12.1. The van der Waals surface area contributed by atoms with E-state index in [2.05, 4.69) is 36.0 Å². The van der Waals surface area contributed by atoms with Crippen LogP contribution in [0.3, 0.4) is 0 Å². The zero-order valence-electron chi connectivity index (χ0n) is 16.4. The number of rotatable bonds is 5. The van der Waals surface area contributed by atoms with E-state index < -0.39 is 5.60 Å². The van der Waals surface area contributed by atoms with E-state index in [1.54, 1.807) is 16.2 Å². The van der Waals surface area contributed by atoms with Crippen LogP contribution in [0.15, 0.2) is 0 Å². The largest absolute Gasteiger partial charge is 0.444 e. The molecule has 1 N–H and O–H groups in total. The van der Waals surface area contributed by atoms with Crippen molar-refractivity contribution in [1.82, 2.24) is 20.1 Å². The lowest BCUT2D eigenvalue weighted by molar-refractivity contribution is 0.0146. The number of carbonyl (C=O) groups is 1. The Labute approximate surface area is 155 Å². The van der Waals surface area contributed by atoms with Crippen molar-refractivity contribution in [1.29, 1.82) is 0 Å². The van der Waals surface area contributed by atoms with Crippen LogP contribution in [-0.2, 0) is 4.74 Å². The molecule has 0 bridgehead atoms. The summed E-state index contributed by atoms with van der Waals surface area (Å²) in [6.45, 7) is 17.2. The van der Waals surface area contributed by atoms with Crippen molar-refractivity contribution < 1.29 is 9.53 Å². The highest BCUT2D eigenvalue weighted by Crippen LogP contribution is 2.22. The van der Waals surface area contributed by atoms with Gasteiger partial charge in [-0.25, -0.2) is 9.78 Å². The number of carbonyl (C=O) groups excluding carboxylic acids is 1. The van der Waals surface area contributed by atoms with Gasteiger partial charge in [-0.3, -0.25) is 4.90 Å². The molecule has 2 rings (SSSR count). The molecule has 0 saturated carbocycles. The molecule has 1 fully saturated rings. The fourth-order valence-electron chi connectivity index (χ4n) is 2.96. The van der Waals surface area contributed by atoms with Gasteiger partial charge in [0.25, 0.3) is 0 Å². The Balaban J connectivity index is 1.69. The van der Waals surface area contributed by atoms with Crippen molar-refractivity contribution in [2.24, 2.45) is 0 Å². The lowest BCUT2D eigenvalue weighted by Crippen LogP contribution is -2.51. The van der Waals surface area contributed by atoms with Crippen molar-refractivity contribution in [3.05, 3.63) is 15.6 Å². The first-order valence-corrected chi connectivity index (χ1v) is 9.85. The average molecular weight is 369 g/mol. The Morgan fingerprint density at radius 3 is 2.44 bits per heavy atom. The second kappa shape index (κ2) is 8.47. The maximum absolute atomic E-state index is 12.1. The molecular formula is C18H32N4O2S. The average Bonchev–Trinajstić information content (AvgIpc) is 2.85. The molecule has 142 valence electrons. The van der Waals surface area contributed by atoms with Crippen LogP contribution in [0.4, 0.5) is 4.79 Å². The SMILES string of the molecule is Cc1nc(C(C)NCCN2CCN(C(=O)OC(C)(C)C)CC2)c(C)s1. The van der Waals surface area contributed by atoms with Crippen molar-refractivity contribution in [3.8, 4) is 0 Å². The van der Waals surface area contributed by atoms with Crippen LogP contribution < -0.4 is 5.32 Å². The van der Waals surface area contributed by atoms with Crippen molar-refractivity contribution in [2.75, 3.05) is 39.3 Å². The lowest BCUT2D eigenvalue weighted by Gasteiger charge is -2.35. The smallest absolute Gasteiger partial charge is 0.410 e. The van der Waals surface area contributed by atoms with Gasteiger partial charge in [0, 0.05) is 50.2 Å². The molecule has 1 aromatic rings. The molecular weight excluding hydrogens is 336 g/mol. The van der Waals surface area contributed by atoms with E-state index in [1.165, 1.54) is 4.88 Å². The molecule has 25 heavy (non-hydrogen) atoms. The normalized spacial score (nSPS) is 17.6. The van der Waals surface area contributed by atoms with E-state index in [0.29, 0.717) is 0 Å². The van der Waals surface area contributed by atoms with Gasteiger partial charge in [-0.05, 0) is 41.5 Å². The predicted octanol–water partition coefficient (Wildman–Crippen LogP) is 2.96. The first-order chi connectivity index (χ1) is 11.7. The molecule has 1 amide bonds. The Bertz CT molecular complexity index is 574. The van der Waals surface area contributed by atoms with Crippen molar-refractivity contribution >= 4 is 17.4 Å². The third kappa shape index (κ3) is 6.24. The summed E-state index contributed by atoms with van der Waals surface area (Å²) in [6.07, 6.45) is -0.201. The molecule has 2 heterocycles. The maximum Gasteiger partial charge on any atom is 0.410 e. The Morgan fingerprint density at radius 2 is 1.92 bits per heavy atom. The van der Waals surface area contributed by atoms with Gasteiger partial charge < -0.3 is 15.0 Å². The van der Waals surface area contributed by atoms with E-state index in [-0.39, 0.29) is 12.1 Å². The zero-order valence-corrected chi connectivity index (χ0v) is 17.2. The summed E-state index contributed by atoms with van der Waals surface area (Å²) in [5, 5.41) is 4.69. The number of thiazole rings is 1. The molecule has 1 aliphatic rings. The van der Waals surface area contributed by atoms with Crippen LogP contribution in [0, 0.1) is 13.8 Å². The quantitative estimate of drug-likeness (QED) is 0.866. The monoisotopic (exact) mass is 368 g/mol. The van der Waals surface area contributed by atoms with E-state index in [9.17, 15) is 4.79 Å². The van der Waals surface area contributed by atoms with Crippen LogP contribution in [0.1, 0.15) is 49.3 Å². The number of piperazine rings is 1. The highest BCUT2D eigenvalue weighted by molar-refractivity contribution is 7.11. The summed E-state index contributed by atoms with van der Waals surface area (Å²) in [5.41, 5.74) is 0.734. The second-order valence-corrected chi connectivity index (χ2v) is 9.07. The number of nitrogens with one attached hydrogen (secondary N) is 1. The minimum absolute atomic E-state index is 0.201. The molecule has 1 saturated heterocycles. The van der Waals surface area contributed by atoms with Crippen LogP contribution in [-0.4, -0.2) is 65.7 Å². The van der Waals surface area contributed by atoms with E-state index in [4.69, 9.17) is 4.74 Å². The molecule has 1 aliphatic heterocycles. The molecule has 0 aromatic carbocycles. The van der Waals surface area contributed by atoms with E-state index in [1.807, 2.05) is 20.8 Å². The van der Waals surface area contributed by atoms with Gasteiger partial charge in [-0.15, -0.1) is 11.3 Å². The molecule has 0 aliphatic carbocycles. The van der Waals surface area contributed by atoms with Crippen LogP contribution in [0.25, 0.3) is 0 Å². The van der Waals surface area contributed by atoms with Gasteiger partial charge in [0.15, 0.2) is 0 Å². The van der Waals surface area contributed by atoms with Gasteiger partial charge in [0.05, 0.1) is 10.7 Å². The lowest BCUT2D eigenvalue weighted by atomic mass is 10.2. The predicted molar refractivity (Wildman–Crippen MR) is 102 cm³/mol. The number of hydrogen-bond acceptors (Lipinski definition) is 6. The minimum Gasteiger partial charge on any atom is -0.444 e. The molecule has 0 radical (unpaired) electrons. The van der Waals surface area contributed by atoms with Gasteiger partial charge in [0.1, 0.15) is 5.60 Å². The second-order valence-electron chi connectivity index (χ2n) is 7.66. The summed E-state index contributed by atoms with van der Waals surface area (Å²) < 4.78 is 5.44. The number of amides is 1. The molecule has 1 aromatic heterocycles. The molecule has 7 heteroatoms.